The Hall–Kier alpha value is -0.950. The SMILES string of the molecule is CO[C@]12O[C@@]3(C)CC[C@H](OC(=O)[C@@H]1[C@H]1[C@@H]4[C@H]5[C@H](O)[C@@H](C)[C@H](O)[C@@H]5C=C(C)[C@@H]4C[C@H]13)[C@H]2C. The quantitative estimate of drug-likeness (QED) is 0.489. The molecule has 6 nitrogen and oxygen atoms in total. The normalized spacial score (nSPS) is 61.8. The number of methoxy groups -OCH3 is 1. The zero-order valence-electron chi connectivity index (χ0n) is 19.2. The van der Waals surface area contributed by atoms with Crippen LogP contribution < -0.4 is 0 Å². The molecule has 0 aromatic carbocycles. The fourth-order valence-corrected chi connectivity index (χ4v) is 9.11. The van der Waals surface area contributed by atoms with Crippen LogP contribution in [0.2, 0.25) is 0 Å². The van der Waals surface area contributed by atoms with Gasteiger partial charge in [0.25, 0.3) is 0 Å². The minimum absolute atomic E-state index is 0.0148. The molecule has 2 N–H and O–H groups in total. The van der Waals surface area contributed by atoms with Crippen molar-refractivity contribution in [2.75, 3.05) is 7.11 Å². The van der Waals surface area contributed by atoms with Crippen LogP contribution in [0, 0.1) is 53.3 Å². The van der Waals surface area contributed by atoms with Gasteiger partial charge in [-0.15, -0.1) is 0 Å². The van der Waals surface area contributed by atoms with Crippen molar-refractivity contribution in [3.05, 3.63) is 11.6 Å². The van der Waals surface area contributed by atoms with Crippen molar-refractivity contribution in [1.29, 1.82) is 0 Å². The molecule has 5 fully saturated rings. The lowest BCUT2D eigenvalue weighted by Gasteiger charge is -2.59. The molecule has 3 saturated heterocycles. The molecule has 172 valence electrons. The first-order valence-electron chi connectivity index (χ1n) is 12.1. The third kappa shape index (κ3) is 2.30. The van der Waals surface area contributed by atoms with Gasteiger partial charge < -0.3 is 24.4 Å². The molecule has 3 aliphatic heterocycles. The van der Waals surface area contributed by atoms with Gasteiger partial charge in [-0.25, -0.2) is 0 Å². The Kier molecular flexibility index (Phi) is 4.22. The van der Waals surface area contributed by atoms with E-state index in [2.05, 4.69) is 26.8 Å². The number of aliphatic hydroxyl groups excluding tert-OH is 2. The second kappa shape index (κ2) is 6.34. The van der Waals surface area contributed by atoms with E-state index >= 15 is 0 Å². The first kappa shape index (κ1) is 20.6. The summed E-state index contributed by atoms with van der Waals surface area (Å²) in [7, 11) is 1.67. The zero-order valence-corrected chi connectivity index (χ0v) is 19.2. The molecule has 14 atom stereocenters. The van der Waals surface area contributed by atoms with Crippen molar-refractivity contribution in [2.24, 2.45) is 53.3 Å². The number of aliphatic hydroxyl groups is 2. The van der Waals surface area contributed by atoms with E-state index in [9.17, 15) is 15.0 Å². The summed E-state index contributed by atoms with van der Waals surface area (Å²) in [6.45, 7) is 8.41. The minimum Gasteiger partial charge on any atom is -0.461 e. The van der Waals surface area contributed by atoms with Gasteiger partial charge in [-0.2, -0.15) is 0 Å². The van der Waals surface area contributed by atoms with Crippen molar-refractivity contribution in [3.8, 4) is 0 Å². The van der Waals surface area contributed by atoms with Crippen LogP contribution in [-0.4, -0.2) is 53.0 Å². The van der Waals surface area contributed by atoms with Gasteiger partial charge in [0.05, 0.1) is 17.8 Å². The van der Waals surface area contributed by atoms with E-state index in [1.54, 1.807) is 7.11 Å². The van der Waals surface area contributed by atoms with E-state index in [1.165, 1.54) is 5.57 Å². The molecule has 0 spiro atoms. The summed E-state index contributed by atoms with van der Waals surface area (Å²) in [5.74, 6) is -1.39. The number of hydrogen-bond acceptors (Lipinski definition) is 6. The summed E-state index contributed by atoms with van der Waals surface area (Å²) in [6.07, 6.45) is 3.50. The van der Waals surface area contributed by atoms with Gasteiger partial charge in [0.15, 0.2) is 5.79 Å². The van der Waals surface area contributed by atoms with Gasteiger partial charge >= 0.3 is 5.97 Å². The predicted octanol–water partition coefficient (Wildman–Crippen LogP) is 2.52. The van der Waals surface area contributed by atoms with Crippen LogP contribution in [0.4, 0.5) is 0 Å². The number of allylic oxidation sites excluding steroid dienone is 1. The van der Waals surface area contributed by atoms with Crippen LogP contribution in [-0.2, 0) is 19.0 Å². The third-order valence-electron chi connectivity index (χ3n) is 10.6. The second-order valence-electron chi connectivity index (χ2n) is 11.6. The van der Waals surface area contributed by atoms with Crippen molar-refractivity contribution >= 4 is 5.97 Å². The van der Waals surface area contributed by atoms with E-state index in [4.69, 9.17) is 14.2 Å². The highest BCUT2D eigenvalue weighted by molar-refractivity contribution is 5.76. The van der Waals surface area contributed by atoms with E-state index in [1.807, 2.05) is 6.92 Å². The van der Waals surface area contributed by atoms with Gasteiger partial charge in [-0.05, 0) is 62.7 Å². The molecule has 6 aliphatic rings. The van der Waals surface area contributed by atoms with Crippen LogP contribution >= 0.6 is 0 Å². The highest BCUT2D eigenvalue weighted by atomic mass is 16.7. The van der Waals surface area contributed by atoms with Crippen molar-refractivity contribution < 1.29 is 29.2 Å². The summed E-state index contributed by atoms with van der Waals surface area (Å²) in [6, 6.07) is 0. The van der Waals surface area contributed by atoms with Gasteiger partial charge in [0.2, 0.25) is 0 Å². The van der Waals surface area contributed by atoms with Crippen LogP contribution in [0.1, 0.15) is 47.0 Å². The molecule has 3 bridgehead atoms. The third-order valence-corrected chi connectivity index (χ3v) is 10.6. The molecule has 3 heterocycles. The number of carbonyl (C=O) groups is 1. The Balaban J connectivity index is 1.54. The van der Waals surface area contributed by atoms with E-state index in [0.29, 0.717) is 5.92 Å². The van der Waals surface area contributed by atoms with Crippen molar-refractivity contribution in [1.82, 2.24) is 0 Å². The zero-order chi connectivity index (χ0) is 22.0. The monoisotopic (exact) mass is 432 g/mol. The molecule has 3 aliphatic carbocycles. The highest BCUT2D eigenvalue weighted by Gasteiger charge is 2.74. The maximum absolute atomic E-state index is 13.5. The second-order valence-corrected chi connectivity index (χ2v) is 11.6. The molecule has 0 unspecified atom stereocenters. The van der Waals surface area contributed by atoms with Crippen LogP contribution in [0.3, 0.4) is 0 Å². The molecule has 0 radical (unpaired) electrons. The Morgan fingerprint density at radius 3 is 2.61 bits per heavy atom. The van der Waals surface area contributed by atoms with Crippen LogP contribution in [0.5, 0.6) is 0 Å². The molecular weight excluding hydrogens is 396 g/mol. The topological polar surface area (TPSA) is 85.2 Å². The Bertz CT molecular complexity index is 840. The number of carbonyl (C=O) groups excluding carboxylic acids is 1. The van der Waals surface area contributed by atoms with E-state index in [0.717, 1.165) is 19.3 Å². The minimum atomic E-state index is -0.986. The number of rotatable bonds is 1. The van der Waals surface area contributed by atoms with E-state index < -0.39 is 29.5 Å². The molecule has 2 saturated carbocycles. The predicted molar refractivity (Wildman–Crippen MR) is 111 cm³/mol. The first-order valence-corrected chi connectivity index (χ1v) is 12.1. The molecule has 0 aromatic heterocycles. The summed E-state index contributed by atoms with van der Waals surface area (Å²) < 4.78 is 19.0. The number of esters is 1. The van der Waals surface area contributed by atoms with Crippen molar-refractivity contribution in [3.63, 3.8) is 0 Å². The van der Waals surface area contributed by atoms with Gasteiger partial charge in [-0.3, -0.25) is 4.79 Å². The smallest absolute Gasteiger partial charge is 0.315 e. The summed E-state index contributed by atoms with van der Waals surface area (Å²) in [4.78, 5) is 13.5. The molecule has 31 heavy (non-hydrogen) atoms. The van der Waals surface area contributed by atoms with Crippen molar-refractivity contribution in [2.45, 2.75) is 76.7 Å². The average Bonchev–Trinajstić information content (AvgIpc) is 3.22. The Morgan fingerprint density at radius 1 is 1.16 bits per heavy atom. The summed E-state index contributed by atoms with van der Waals surface area (Å²) in [5.41, 5.74) is 0.897. The van der Waals surface area contributed by atoms with Crippen LogP contribution in [0.25, 0.3) is 0 Å². The number of hydrogen-bond donors (Lipinski definition) is 2. The largest absolute Gasteiger partial charge is 0.461 e. The maximum Gasteiger partial charge on any atom is 0.315 e. The lowest BCUT2D eigenvalue weighted by atomic mass is 9.59. The lowest BCUT2D eigenvalue weighted by molar-refractivity contribution is -0.378. The molecule has 0 aromatic rings. The fourth-order valence-electron chi connectivity index (χ4n) is 9.11. The molecule has 6 heteroatoms. The molecular formula is C25H36O6. The maximum atomic E-state index is 13.5. The average molecular weight is 433 g/mol. The summed E-state index contributed by atoms with van der Waals surface area (Å²) >= 11 is 0. The van der Waals surface area contributed by atoms with Crippen LogP contribution in [0.15, 0.2) is 11.6 Å². The lowest BCUT2D eigenvalue weighted by Crippen LogP contribution is -2.69. The first-order chi connectivity index (χ1) is 14.6. The van der Waals surface area contributed by atoms with E-state index in [-0.39, 0.29) is 53.5 Å². The van der Waals surface area contributed by atoms with Gasteiger partial charge in [0, 0.05) is 24.9 Å². The highest BCUT2D eigenvalue weighted by Crippen LogP contribution is 2.69. The van der Waals surface area contributed by atoms with Gasteiger partial charge in [0.1, 0.15) is 12.0 Å². The Morgan fingerprint density at radius 2 is 1.90 bits per heavy atom. The molecule has 6 rings (SSSR count). The molecule has 0 amide bonds. The van der Waals surface area contributed by atoms with Gasteiger partial charge in [-0.1, -0.05) is 25.5 Å². The summed E-state index contributed by atoms with van der Waals surface area (Å²) in [5, 5.41) is 22.2. The fraction of sp³-hybridized carbons (Fsp3) is 0.880. The standard InChI is InChI=1S/C25H36O6/c1-10-8-14-18(22(27)11(2)21(14)26)17-13(10)9-15-19(17)20-23(28)30-16-6-7-24(15,4)31-25(20,29-5)12(16)3/h8,11-22,26-27H,6-7,9H2,1-5H3/t11-,12+,13-,14+,15+,16-,17-,18-,19+,20-,21-,22+,24-,25+/m0/s1. The number of fused-ring (bicyclic) bond motifs is 9. The Labute approximate surface area is 184 Å². The number of ether oxygens (including phenoxy) is 3.